The highest BCUT2D eigenvalue weighted by Crippen LogP contribution is 2.47. The van der Waals surface area contributed by atoms with E-state index >= 15 is 0 Å². The summed E-state index contributed by atoms with van der Waals surface area (Å²) < 4.78 is 11.9. The number of aromatic hydroxyl groups is 1. The van der Waals surface area contributed by atoms with Crippen molar-refractivity contribution in [2.75, 3.05) is 6.61 Å². The largest absolute Gasteiger partial charge is 0.511 e. The molecule has 0 aliphatic rings. The van der Waals surface area contributed by atoms with Crippen LogP contribution in [0.2, 0.25) is 0 Å². The van der Waals surface area contributed by atoms with Crippen LogP contribution < -0.4 is 9.47 Å². The predicted octanol–water partition coefficient (Wildman–Crippen LogP) is 14.5. The summed E-state index contributed by atoms with van der Waals surface area (Å²) >= 11 is 0. The van der Waals surface area contributed by atoms with Gasteiger partial charge in [0.1, 0.15) is 0 Å². The van der Waals surface area contributed by atoms with Gasteiger partial charge in [-0.2, -0.15) is 0 Å². The molecule has 2 N–H and O–H groups in total. The van der Waals surface area contributed by atoms with E-state index in [0.29, 0.717) is 12.4 Å². The number of phenols is 1. The summed E-state index contributed by atoms with van der Waals surface area (Å²) in [6.45, 7) is 9.52. The van der Waals surface area contributed by atoms with Crippen molar-refractivity contribution in [2.45, 2.75) is 227 Å². The van der Waals surface area contributed by atoms with Crippen LogP contribution >= 0.6 is 0 Å². The Hall–Kier alpha value is -1.91. The third-order valence-electron chi connectivity index (χ3n) is 9.98. The Morgan fingerprint density at radius 2 is 0.771 bits per heavy atom. The van der Waals surface area contributed by atoms with Gasteiger partial charge in [0.15, 0.2) is 11.5 Å². The minimum absolute atomic E-state index is 0.000731. The van der Waals surface area contributed by atoms with Gasteiger partial charge < -0.3 is 19.7 Å². The Kier molecular flexibility index (Phi) is 28.6. The Morgan fingerprint density at radius 1 is 0.438 bits per heavy atom. The maximum Gasteiger partial charge on any atom is 0.511 e. The number of rotatable bonds is 34. The highest BCUT2D eigenvalue weighted by molar-refractivity contribution is 5.70. The summed E-state index contributed by atoms with van der Waals surface area (Å²) in [6, 6.07) is 0. The molecule has 1 aromatic rings. The molecule has 0 radical (unpaired) electrons. The number of phenolic OH excluding ortho intramolecular Hbond substituents is 1. The molecular formula is C43H78O5. The molecule has 0 fully saturated rings. The van der Waals surface area contributed by atoms with Crippen LogP contribution in [0.25, 0.3) is 0 Å². The number of hydrogen-bond donors (Lipinski definition) is 2. The number of carboxylic acid groups (broad SMARTS) is 1. The van der Waals surface area contributed by atoms with E-state index in [1.165, 1.54) is 140 Å². The van der Waals surface area contributed by atoms with E-state index in [2.05, 4.69) is 27.7 Å². The monoisotopic (exact) mass is 675 g/mol. The van der Waals surface area contributed by atoms with Gasteiger partial charge in [-0.1, -0.05) is 182 Å². The maximum absolute atomic E-state index is 12.0. The lowest BCUT2D eigenvalue weighted by Gasteiger charge is -2.24. The number of benzene rings is 1. The summed E-state index contributed by atoms with van der Waals surface area (Å²) in [5.41, 5.74) is 3.22. The van der Waals surface area contributed by atoms with Gasteiger partial charge in [0.25, 0.3) is 0 Å². The lowest BCUT2D eigenvalue weighted by molar-refractivity contribution is 0.140. The first-order valence-corrected chi connectivity index (χ1v) is 20.9. The van der Waals surface area contributed by atoms with E-state index in [9.17, 15) is 15.0 Å². The number of unbranched alkanes of at least 4 members (excludes halogenated alkanes) is 24. The Balaban J connectivity index is 3.32. The van der Waals surface area contributed by atoms with Crippen LogP contribution in [0.1, 0.15) is 224 Å². The van der Waals surface area contributed by atoms with Gasteiger partial charge in [-0.25, -0.2) is 4.79 Å². The topological polar surface area (TPSA) is 76.0 Å². The Morgan fingerprint density at radius 3 is 1.17 bits per heavy atom. The van der Waals surface area contributed by atoms with Gasteiger partial charge in [0.2, 0.25) is 5.75 Å². The van der Waals surface area contributed by atoms with Gasteiger partial charge in [-0.05, 0) is 50.5 Å². The second-order valence-corrected chi connectivity index (χ2v) is 14.4. The molecule has 1 aromatic carbocycles. The summed E-state index contributed by atoms with van der Waals surface area (Å²) in [5.74, 6) is 0.525. The maximum atomic E-state index is 12.0. The lowest BCUT2D eigenvalue weighted by Crippen LogP contribution is -2.12. The zero-order valence-electron chi connectivity index (χ0n) is 32.2. The van der Waals surface area contributed by atoms with Gasteiger partial charge in [-0.3, -0.25) is 0 Å². The zero-order chi connectivity index (χ0) is 35.1. The molecule has 0 saturated carbocycles. The van der Waals surface area contributed by atoms with Crippen molar-refractivity contribution in [3.05, 3.63) is 16.7 Å². The van der Waals surface area contributed by atoms with Crippen LogP contribution in [0.3, 0.4) is 0 Å². The molecule has 0 bridgehead atoms. The molecular weight excluding hydrogens is 596 g/mol. The average molecular weight is 675 g/mol. The van der Waals surface area contributed by atoms with Crippen LogP contribution in [0, 0.1) is 0 Å². The Bertz CT molecular complexity index is 911. The molecule has 0 saturated heterocycles. The smallest absolute Gasteiger partial charge is 0.504 e. The zero-order valence-corrected chi connectivity index (χ0v) is 32.2. The van der Waals surface area contributed by atoms with Crippen molar-refractivity contribution in [2.24, 2.45) is 0 Å². The summed E-state index contributed by atoms with van der Waals surface area (Å²) in [6.07, 6.45) is 35.0. The van der Waals surface area contributed by atoms with E-state index in [4.69, 9.17) is 9.47 Å². The molecule has 0 aliphatic heterocycles. The van der Waals surface area contributed by atoms with Crippen LogP contribution in [0.15, 0.2) is 0 Å². The van der Waals surface area contributed by atoms with E-state index < -0.39 is 6.16 Å². The van der Waals surface area contributed by atoms with E-state index in [-0.39, 0.29) is 11.5 Å². The first-order valence-electron chi connectivity index (χ1n) is 20.9. The van der Waals surface area contributed by atoms with Gasteiger partial charge in [0, 0.05) is 11.1 Å². The average Bonchev–Trinajstić information content (AvgIpc) is 3.07. The van der Waals surface area contributed by atoms with Gasteiger partial charge >= 0.3 is 6.16 Å². The summed E-state index contributed by atoms with van der Waals surface area (Å²) in [7, 11) is 0. The fourth-order valence-corrected chi connectivity index (χ4v) is 7.02. The molecule has 5 nitrogen and oxygen atoms in total. The summed E-state index contributed by atoms with van der Waals surface area (Å²) in [4.78, 5) is 12.0. The highest BCUT2D eigenvalue weighted by atomic mass is 16.7. The van der Waals surface area contributed by atoms with Crippen LogP contribution in [-0.2, 0) is 19.3 Å². The number of hydrogen-bond acceptors (Lipinski definition) is 4. The second kappa shape index (κ2) is 31.1. The first-order chi connectivity index (χ1) is 23.5. The van der Waals surface area contributed by atoms with Gasteiger partial charge in [0.05, 0.1) is 6.61 Å². The molecule has 0 amide bonds. The van der Waals surface area contributed by atoms with Crippen molar-refractivity contribution in [3.63, 3.8) is 0 Å². The van der Waals surface area contributed by atoms with Gasteiger partial charge in [-0.15, -0.1) is 0 Å². The fraction of sp³-hybridized carbons (Fsp3) is 0.837. The van der Waals surface area contributed by atoms with Crippen LogP contribution in [0.4, 0.5) is 4.79 Å². The molecule has 5 heteroatoms. The van der Waals surface area contributed by atoms with Crippen molar-refractivity contribution in [1.29, 1.82) is 0 Å². The lowest BCUT2D eigenvalue weighted by atomic mass is 9.88. The first kappa shape index (κ1) is 44.1. The molecule has 280 valence electrons. The van der Waals surface area contributed by atoms with Crippen LogP contribution in [-0.4, -0.2) is 23.0 Å². The normalized spacial score (nSPS) is 11.3. The quantitative estimate of drug-likeness (QED) is 0.0432. The molecule has 0 atom stereocenters. The molecule has 48 heavy (non-hydrogen) atoms. The van der Waals surface area contributed by atoms with Crippen molar-refractivity contribution in [1.82, 2.24) is 0 Å². The SMILES string of the molecule is CCCCCCCCCOc1c(CCCCCCCCC)c(CCCCCCCCC)c(CCCCCCCCC)c(O)c1OC(=O)O. The van der Waals surface area contributed by atoms with Crippen molar-refractivity contribution in [3.8, 4) is 17.2 Å². The number of ether oxygens (including phenoxy) is 2. The summed E-state index contributed by atoms with van der Waals surface area (Å²) in [5, 5.41) is 21.5. The van der Waals surface area contributed by atoms with E-state index in [1.807, 2.05) is 0 Å². The molecule has 0 heterocycles. The van der Waals surface area contributed by atoms with Crippen molar-refractivity contribution >= 4 is 6.16 Å². The molecule has 0 unspecified atom stereocenters. The third kappa shape index (κ3) is 20.6. The number of carbonyl (C=O) groups is 1. The minimum atomic E-state index is -1.39. The van der Waals surface area contributed by atoms with E-state index in [0.717, 1.165) is 75.3 Å². The molecule has 0 aliphatic carbocycles. The minimum Gasteiger partial charge on any atom is -0.504 e. The molecule has 0 spiro atoms. The highest BCUT2D eigenvalue weighted by Gasteiger charge is 2.27. The van der Waals surface area contributed by atoms with Crippen molar-refractivity contribution < 1.29 is 24.5 Å². The second-order valence-electron chi connectivity index (χ2n) is 14.4. The third-order valence-corrected chi connectivity index (χ3v) is 9.98. The molecule has 0 aromatic heterocycles. The fourth-order valence-electron chi connectivity index (χ4n) is 7.02. The van der Waals surface area contributed by atoms with Crippen LogP contribution in [0.5, 0.6) is 17.2 Å². The predicted molar refractivity (Wildman–Crippen MR) is 205 cm³/mol. The molecule has 1 rings (SSSR count). The van der Waals surface area contributed by atoms with E-state index in [1.54, 1.807) is 0 Å². The Labute approximate surface area is 297 Å². The standard InChI is InChI=1S/C43H78O5/c1-5-9-13-17-21-25-29-33-37-38(34-30-26-22-18-14-10-6-2)40(44)42(48-43(45)46)41(47-36-32-28-24-20-16-12-8-4)39(37)35-31-27-23-19-15-11-7-3/h44H,5-36H2,1-4H3,(H,45,46).